The maximum atomic E-state index is 14.1. The van der Waals surface area contributed by atoms with Gasteiger partial charge in [0.2, 0.25) is 5.91 Å². The molecular weight excluding hydrogens is 498 g/mol. The van der Waals surface area contributed by atoms with Crippen LogP contribution in [0.4, 0.5) is 17.6 Å². The summed E-state index contributed by atoms with van der Waals surface area (Å²) in [6.07, 6.45) is -4.54. The van der Waals surface area contributed by atoms with Crippen LogP contribution < -0.4 is 5.56 Å². The average Bonchev–Trinajstić information content (AvgIpc) is 2.87. The van der Waals surface area contributed by atoms with Crippen molar-refractivity contribution >= 4 is 16.8 Å². The topological polar surface area (TPSA) is 55.2 Å². The van der Waals surface area contributed by atoms with E-state index in [2.05, 4.69) is 0 Å². The molecule has 0 N–H and O–H groups in total. The number of fused-ring (bicyclic) bond motifs is 1. The maximum Gasteiger partial charge on any atom is 0.419 e. The maximum absolute atomic E-state index is 14.1. The summed E-state index contributed by atoms with van der Waals surface area (Å²) in [6, 6.07) is 16.1. The third kappa shape index (κ3) is 5.46. The lowest BCUT2D eigenvalue weighted by Gasteiger charge is -2.30. The van der Waals surface area contributed by atoms with Crippen molar-refractivity contribution in [2.24, 2.45) is 0 Å². The molecule has 0 unspecified atom stereocenters. The highest BCUT2D eigenvalue weighted by molar-refractivity contribution is 5.80. The minimum atomic E-state index is -4.82. The Bertz CT molecular complexity index is 1530. The summed E-state index contributed by atoms with van der Waals surface area (Å²) in [5.41, 5.74) is 0.545. The number of alkyl halides is 3. The largest absolute Gasteiger partial charge is 0.419 e. The zero-order valence-electron chi connectivity index (χ0n) is 21.2. The van der Waals surface area contributed by atoms with Gasteiger partial charge in [0.05, 0.1) is 34.6 Å². The number of para-hydroxylation sites is 1. The van der Waals surface area contributed by atoms with Crippen molar-refractivity contribution in [3.8, 4) is 5.69 Å². The predicted octanol–water partition coefficient (Wildman–Crippen LogP) is 6.39. The smallest absolute Gasteiger partial charge is 0.332 e. The molecule has 3 aromatic carbocycles. The molecule has 0 bridgehead atoms. The van der Waals surface area contributed by atoms with E-state index in [0.717, 1.165) is 17.7 Å². The molecule has 198 valence electrons. The predicted molar refractivity (Wildman–Crippen MR) is 138 cm³/mol. The first-order valence-electron chi connectivity index (χ1n) is 12.2. The molecular formula is C29H27F4N3O2. The number of nitrogens with zero attached hydrogens (tertiary/aromatic N) is 3. The van der Waals surface area contributed by atoms with E-state index in [9.17, 15) is 27.2 Å². The fraction of sp³-hybridized carbons (Fsp3) is 0.276. The van der Waals surface area contributed by atoms with Gasteiger partial charge < -0.3 is 4.90 Å². The fourth-order valence-electron chi connectivity index (χ4n) is 4.46. The van der Waals surface area contributed by atoms with Crippen LogP contribution in [0.2, 0.25) is 0 Å². The highest BCUT2D eigenvalue weighted by Crippen LogP contribution is 2.32. The number of hydrogen-bond donors (Lipinski definition) is 0. The van der Waals surface area contributed by atoms with Crippen LogP contribution in [0.15, 0.2) is 71.5 Å². The van der Waals surface area contributed by atoms with Crippen LogP contribution in [0.5, 0.6) is 0 Å². The monoisotopic (exact) mass is 525 g/mol. The summed E-state index contributed by atoms with van der Waals surface area (Å²) in [6.45, 7) is 5.87. The molecule has 0 aliphatic rings. The van der Waals surface area contributed by atoms with Gasteiger partial charge in [-0.3, -0.25) is 14.2 Å². The van der Waals surface area contributed by atoms with Gasteiger partial charge in [0, 0.05) is 6.54 Å². The van der Waals surface area contributed by atoms with Crippen LogP contribution in [0, 0.1) is 12.7 Å². The van der Waals surface area contributed by atoms with Crippen LogP contribution in [-0.2, 0) is 17.4 Å². The lowest BCUT2D eigenvalue weighted by atomic mass is 10.1. The molecule has 9 heteroatoms. The Morgan fingerprint density at radius 1 is 1.05 bits per heavy atom. The Balaban J connectivity index is 1.76. The molecule has 1 aromatic heterocycles. The van der Waals surface area contributed by atoms with Gasteiger partial charge in [0.15, 0.2) is 0 Å². The van der Waals surface area contributed by atoms with Gasteiger partial charge in [-0.2, -0.15) is 13.2 Å². The van der Waals surface area contributed by atoms with Gasteiger partial charge in [-0.25, -0.2) is 9.37 Å². The summed E-state index contributed by atoms with van der Waals surface area (Å²) in [5, 5.41) is 0.428. The number of amides is 1. The summed E-state index contributed by atoms with van der Waals surface area (Å²) in [5.74, 6) is -1.50. The second kappa shape index (κ2) is 10.8. The molecule has 0 aliphatic heterocycles. The number of hydrogen-bond acceptors (Lipinski definition) is 3. The molecule has 1 atom stereocenters. The van der Waals surface area contributed by atoms with Crippen LogP contribution in [0.1, 0.15) is 48.8 Å². The molecule has 0 spiro atoms. The molecule has 1 amide bonds. The van der Waals surface area contributed by atoms with Gasteiger partial charge in [-0.15, -0.1) is 0 Å². The van der Waals surface area contributed by atoms with Crippen molar-refractivity contribution in [2.75, 3.05) is 6.54 Å². The zero-order chi connectivity index (χ0) is 27.6. The van der Waals surface area contributed by atoms with E-state index in [1.165, 1.54) is 9.47 Å². The number of carbonyl (C=O) groups is 1. The van der Waals surface area contributed by atoms with E-state index in [0.29, 0.717) is 41.4 Å². The quantitative estimate of drug-likeness (QED) is 0.263. The zero-order valence-corrected chi connectivity index (χ0v) is 21.2. The average molecular weight is 526 g/mol. The van der Waals surface area contributed by atoms with E-state index < -0.39 is 29.5 Å². The lowest BCUT2D eigenvalue weighted by Crippen LogP contribution is -2.38. The molecule has 38 heavy (non-hydrogen) atoms. The minimum Gasteiger partial charge on any atom is -0.332 e. The number of halogens is 4. The first-order chi connectivity index (χ1) is 18.0. The van der Waals surface area contributed by atoms with Crippen molar-refractivity contribution in [3.05, 3.63) is 105 Å². The highest BCUT2D eigenvalue weighted by Gasteiger charge is 2.34. The molecule has 4 rings (SSSR count). The normalized spacial score (nSPS) is 12.5. The Labute approximate surface area is 217 Å². The first-order valence-corrected chi connectivity index (χ1v) is 12.2. The Hall–Kier alpha value is -4.01. The molecule has 0 radical (unpaired) electrons. The van der Waals surface area contributed by atoms with E-state index in [1.54, 1.807) is 43.3 Å². The standard InChI is InChI=1S/C29H27F4N3O2/c1-4-15-35(26(37)17-20-11-14-23(24(30)16-20)29(31,32)33)19(3)27-34-25-8-6-5-7-22(25)28(38)36(27)21-12-9-18(2)10-13-21/h5-14,16,19H,4,15,17H2,1-3H3/t19-/m1/s1. The van der Waals surface area contributed by atoms with Gasteiger partial charge >= 0.3 is 6.18 Å². The Morgan fingerprint density at radius 2 is 1.74 bits per heavy atom. The summed E-state index contributed by atoms with van der Waals surface area (Å²) in [4.78, 5) is 33.3. The van der Waals surface area contributed by atoms with Crippen LogP contribution >= 0.6 is 0 Å². The number of benzene rings is 3. The van der Waals surface area contributed by atoms with Gasteiger partial charge in [0.25, 0.3) is 5.56 Å². The van der Waals surface area contributed by atoms with Gasteiger partial charge in [-0.05, 0) is 62.2 Å². The van der Waals surface area contributed by atoms with Crippen LogP contribution in [0.3, 0.4) is 0 Å². The van der Waals surface area contributed by atoms with E-state index in [1.807, 2.05) is 26.0 Å². The molecule has 4 aromatic rings. The lowest BCUT2D eigenvalue weighted by molar-refractivity contribution is -0.140. The fourth-order valence-corrected chi connectivity index (χ4v) is 4.46. The number of aryl methyl sites for hydroxylation is 1. The van der Waals surface area contributed by atoms with Gasteiger partial charge in [-0.1, -0.05) is 42.8 Å². The van der Waals surface area contributed by atoms with E-state index in [4.69, 9.17) is 4.98 Å². The van der Waals surface area contributed by atoms with Crippen LogP contribution in [-0.4, -0.2) is 26.9 Å². The third-order valence-electron chi connectivity index (χ3n) is 6.41. The van der Waals surface area contributed by atoms with Crippen molar-refractivity contribution in [1.82, 2.24) is 14.5 Å². The molecule has 0 saturated carbocycles. The Kier molecular flexibility index (Phi) is 7.66. The SMILES string of the molecule is CCCN(C(=O)Cc1ccc(C(F)(F)F)c(F)c1)[C@H](C)c1nc2ccccc2c(=O)n1-c1ccc(C)cc1. The number of aromatic nitrogens is 2. The van der Waals surface area contributed by atoms with Crippen molar-refractivity contribution < 1.29 is 22.4 Å². The molecule has 0 saturated heterocycles. The molecule has 0 aliphatic carbocycles. The van der Waals surface area contributed by atoms with Crippen LogP contribution in [0.25, 0.3) is 16.6 Å². The summed E-state index contributed by atoms with van der Waals surface area (Å²) >= 11 is 0. The highest BCUT2D eigenvalue weighted by atomic mass is 19.4. The molecule has 1 heterocycles. The molecule has 0 fully saturated rings. The third-order valence-corrected chi connectivity index (χ3v) is 6.41. The number of rotatable bonds is 7. The Morgan fingerprint density at radius 3 is 2.37 bits per heavy atom. The number of carbonyl (C=O) groups excluding carboxylic acids is 1. The van der Waals surface area contributed by atoms with E-state index >= 15 is 0 Å². The van der Waals surface area contributed by atoms with Crippen molar-refractivity contribution in [3.63, 3.8) is 0 Å². The summed E-state index contributed by atoms with van der Waals surface area (Å²) < 4.78 is 54.5. The van der Waals surface area contributed by atoms with Gasteiger partial charge in [0.1, 0.15) is 11.6 Å². The van der Waals surface area contributed by atoms with E-state index in [-0.39, 0.29) is 17.5 Å². The minimum absolute atomic E-state index is 0.121. The van der Waals surface area contributed by atoms with Crippen molar-refractivity contribution in [1.29, 1.82) is 0 Å². The first kappa shape index (κ1) is 27.0. The summed E-state index contributed by atoms with van der Waals surface area (Å²) in [7, 11) is 0. The van der Waals surface area contributed by atoms with Crippen molar-refractivity contribution in [2.45, 2.75) is 45.8 Å². The molecule has 5 nitrogen and oxygen atoms in total. The second-order valence-corrected chi connectivity index (χ2v) is 9.22. The second-order valence-electron chi connectivity index (χ2n) is 9.22.